The third-order valence-corrected chi connectivity index (χ3v) is 5.06. The van der Waals surface area contributed by atoms with Crippen LogP contribution in [0, 0.1) is 13.8 Å². The molecule has 2 aromatic heterocycles. The fraction of sp³-hybridized carbons (Fsp3) is 0.409. The van der Waals surface area contributed by atoms with Gasteiger partial charge in [0.2, 0.25) is 5.82 Å². The molecular weight excluding hydrogens is 350 g/mol. The van der Waals surface area contributed by atoms with Crippen molar-refractivity contribution in [1.82, 2.24) is 25.3 Å². The van der Waals surface area contributed by atoms with Crippen LogP contribution in [0.4, 0.5) is 0 Å². The molecule has 0 saturated heterocycles. The highest BCUT2D eigenvalue weighted by Gasteiger charge is 2.12. The molecule has 1 N–H and O–H groups in total. The maximum absolute atomic E-state index is 5.49. The van der Waals surface area contributed by atoms with Crippen LogP contribution in [-0.4, -0.2) is 46.2 Å². The number of aromatic nitrogens is 3. The second-order valence-electron chi connectivity index (χ2n) is 6.96. The minimum Gasteiger partial charge on any atom is -0.334 e. The van der Waals surface area contributed by atoms with Crippen molar-refractivity contribution >= 4 is 0 Å². The van der Waals surface area contributed by atoms with E-state index in [9.17, 15) is 0 Å². The molecule has 0 fully saturated rings. The van der Waals surface area contributed by atoms with E-state index < -0.39 is 0 Å². The minimum atomic E-state index is 0.536. The van der Waals surface area contributed by atoms with Crippen LogP contribution in [0.3, 0.4) is 0 Å². The largest absolute Gasteiger partial charge is 0.334 e. The second-order valence-corrected chi connectivity index (χ2v) is 6.96. The van der Waals surface area contributed by atoms with E-state index in [-0.39, 0.29) is 0 Å². The first kappa shape index (κ1) is 20.2. The topological polar surface area (TPSA) is 67.1 Å². The highest BCUT2D eigenvalue weighted by atomic mass is 16.5. The highest BCUT2D eigenvalue weighted by Crippen LogP contribution is 2.24. The van der Waals surface area contributed by atoms with Gasteiger partial charge < -0.3 is 14.7 Å². The quantitative estimate of drug-likeness (QED) is 0.570. The van der Waals surface area contributed by atoms with Gasteiger partial charge in [0.15, 0.2) is 0 Å². The second kappa shape index (κ2) is 9.57. The molecule has 0 unspecified atom stereocenters. The zero-order valence-corrected chi connectivity index (χ0v) is 17.2. The third-order valence-electron chi connectivity index (χ3n) is 5.06. The van der Waals surface area contributed by atoms with Crippen molar-refractivity contribution < 1.29 is 4.52 Å². The summed E-state index contributed by atoms with van der Waals surface area (Å²) in [5, 5.41) is 7.61. The van der Waals surface area contributed by atoms with E-state index in [1.165, 1.54) is 11.1 Å². The van der Waals surface area contributed by atoms with Crippen LogP contribution in [0.2, 0.25) is 0 Å². The molecule has 28 heavy (non-hydrogen) atoms. The van der Waals surface area contributed by atoms with Crippen LogP contribution in [0.15, 0.2) is 41.1 Å². The molecule has 6 heteroatoms. The van der Waals surface area contributed by atoms with Crippen LogP contribution in [0.1, 0.15) is 30.7 Å². The summed E-state index contributed by atoms with van der Waals surface area (Å²) in [6, 6.07) is 10.1. The van der Waals surface area contributed by atoms with E-state index in [1.54, 1.807) is 6.20 Å². The predicted octanol–water partition coefficient (Wildman–Crippen LogP) is 3.85. The first-order valence-electron chi connectivity index (χ1n) is 9.90. The highest BCUT2D eigenvalue weighted by molar-refractivity contribution is 5.60. The summed E-state index contributed by atoms with van der Waals surface area (Å²) in [5.74, 6) is 1.12. The van der Waals surface area contributed by atoms with Gasteiger partial charge in [-0.25, -0.2) is 0 Å². The number of pyridine rings is 1. The van der Waals surface area contributed by atoms with E-state index in [0.717, 1.165) is 49.5 Å². The van der Waals surface area contributed by atoms with E-state index in [4.69, 9.17) is 4.52 Å². The molecule has 0 aliphatic carbocycles. The average Bonchev–Trinajstić information content (AvgIpc) is 3.21. The van der Waals surface area contributed by atoms with Crippen molar-refractivity contribution in [3.8, 4) is 22.8 Å². The molecule has 0 aliphatic heterocycles. The number of nitrogens with zero attached hydrogens (tertiary/aromatic N) is 4. The van der Waals surface area contributed by atoms with Gasteiger partial charge >= 0.3 is 0 Å². The lowest BCUT2D eigenvalue weighted by molar-refractivity contribution is 0.302. The third kappa shape index (κ3) is 5.03. The summed E-state index contributed by atoms with van der Waals surface area (Å²) in [6.07, 6.45) is 1.79. The van der Waals surface area contributed by atoms with Gasteiger partial charge in [0.05, 0.1) is 5.69 Å². The number of aryl methyl sites for hydroxylation is 2. The van der Waals surface area contributed by atoms with Gasteiger partial charge in [-0.3, -0.25) is 4.98 Å². The van der Waals surface area contributed by atoms with Crippen LogP contribution in [0.25, 0.3) is 22.8 Å². The molecular formula is C22H29N5O. The molecule has 0 amide bonds. The summed E-state index contributed by atoms with van der Waals surface area (Å²) in [6.45, 7) is 13.4. The number of benzene rings is 1. The Morgan fingerprint density at radius 1 is 1.00 bits per heavy atom. The van der Waals surface area contributed by atoms with Gasteiger partial charge in [-0.1, -0.05) is 25.1 Å². The SMILES string of the molecule is CCN(CC)CCNCc1cc(-c2noc(-c3ccc(C)c(C)c3)n2)ccn1. The first-order valence-corrected chi connectivity index (χ1v) is 9.90. The van der Waals surface area contributed by atoms with Crippen LogP contribution in [-0.2, 0) is 6.54 Å². The fourth-order valence-electron chi connectivity index (χ4n) is 3.04. The Hall–Kier alpha value is -2.57. The summed E-state index contributed by atoms with van der Waals surface area (Å²) < 4.78 is 5.49. The zero-order chi connectivity index (χ0) is 19.9. The fourth-order valence-corrected chi connectivity index (χ4v) is 3.04. The maximum Gasteiger partial charge on any atom is 0.258 e. The van der Waals surface area contributed by atoms with Crippen molar-refractivity contribution in [2.45, 2.75) is 34.2 Å². The van der Waals surface area contributed by atoms with Gasteiger partial charge in [-0.2, -0.15) is 4.98 Å². The van der Waals surface area contributed by atoms with Crippen molar-refractivity contribution in [3.63, 3.8) is 0 Å². The van der Waals surface area contributed by atoms with Crippen molar-refractivity contribution in [1.29, 1.82) is 0 Å². The number of hydrogen-bond donors (Lipinski definition) is 1. The Morgan fingerprint density at radius 3 is 2.57 bits per heavy atom. The molecule has 0 atom stereocenters. The number of nitrogens with one attached hydrogen (secondary N) is 1. The van der Waals surface area contributed by atoms with Gasteiger partial charge in [0, 0.05) is 37.0 Å². The lowest BCUT2D eigenvalue weighted by Gasteiger charge is -2.17. The Balaban J connectivity index is 1.65. The van der Waals surface area contributed by atoms with Crippen molar-refractivity contribution in [2.75, 3.05) is 26.2 Å². The summed E-state index contributed by atoms with van der Waals surface area (Å²) in [7, 11) is 0. The molecule has 3 aromatic rings. The van der Waals surface area contributed by atoms with E-state index in [2.05, 4.69) is 65.2 Å². The lowest BCUT2D eigenvalue weighted by Crippen LogP contribution is -2.31. The molecule has 148 valence electrons. The van der Waals surface area contributed by atoms with Crippen LogP contribution < -0.4 is 5.32 Å². The van der Waals surface area contributed by atoms with E-state index in [1.807, 2.05) is 18.2 Å². The standard InChI is InChI=1S/C22H29N5O/c1-5-27(6-2)12-11-23-15-20-14-18(9-10-24-20)21-25-22(28-26-21)19-8-7-16(3)17(4)13-19/h7-10,13-14,23H,5-6,11-12,15H2,1-4H3. The Bertz CT molecular complexity index is 901. The number of rotatable bonds is 9. The number of hydrogen-bond acceptors (Lipinski definition) is 6. The molecule has 0 aliphatic rings. The predicted molar refractivity (Wildman–Crippen MR) is 112 cm³/mol. The van der Waals surface area contributed by atoms with Gasteiger partial charge in [-0.15, -0.1) is 0 Å². The molecule has 0 saturated carbocycles. The Kier molecular flexibility index (Phi) is 6.90. The van der Waals surface area contributed by atoms with Crippen LogP contribution >= 0.6 is 0 Å². The smallest absolute Gasteiger partial charge is 0.258 e. The van der Waals surface area contributed by atoms with Gasteiger partial charge in [-0.05, 0) is 62.3 Å². The summed E-state index contributed by atoms with van der Waals surface area (Å²) >= 11 is 0. The lowest BCUT2D eigenvalue weighted by atomic mass is 10.1. The molecule has 3 rings (SSSR count). The average molecular weight is 380 g/mol. The normalized spacial score (nSPS) is 11.3. The molecule has 0 radical (unpaired) electrons. The number of likely N-dealkylation sites (N-methyl/N-ethyl adjacent to an activating group) is 1. The molecule has 6 nitrogen and oxygen atoms in total. The Morgan fingerprint density at radius 2 is 1.82 bits per heavy atom. The summed E-state index contributed by atoms with van der Waals surface area (Å²) in [5.41, 5.74) is 5.27. The van der Waals surface area contributed by atoms with Crippen LogP contribution in [0.5, 0.6) is 0 Å². The maximum atomic E-state index is 5.49. The molecule has 0 bridgehead atoms. The Labute approximate surface area is 167 Å². The molecule has 0 spiro atoms. The first-order chi connectivity index (χ1) is 13.6. The van der Waals surface area contributed by atoms with E-state index >= 15 is 0 Å². The minimum absolute atomic E-state index is 0.536. The monoisotopic (exact) mass is 379 g/mol. The summed E-state index contributed by atoms with van der Waals surface area (Å²) in [4.78, 5) is 11.4. The molecule has 2 heterocycles. The van der Waals surface area contributed by atoms with Gasteiger partial charge in [0.25, 0.3) is 5.89 Å². The van der Waals surface area contributed by atoms with Gasteiger partial charge in [0.1, 0.15) is 0 Å². The van der Waals surface area contributed by atoms with E-state index in [0.29, 0.717) is 11.7 Å². The van der Waals surface area contributed by atoms with Crippen molar-refractivity contribution in [2.24, 2.45) is 0 Å². The molecule has 1 aromatic carbocycles. The zero-order valence-electron chi connectivity index (χ0n) is 17.2. The van der Waals surface area contributed by atoms with Crippen molar-refractivity contribution in [3.05, 3.63) is 53.3 Å².